The highest BCUT2D eigenvalue weighted by Crippen LogP contribution is 2.32. The van der Waals surface area contributed by atoms with Crippen molar-refractivity contribution < 1.29 is 18.0 Å². The molecule has 156 valence electrons. The third-order valence-electron chi connectivity index (χ3n) is 4.83. The second-order valence-corrected chi connectivity index (χ2v) is 8.57. The van der Waals surface area contributed by atoms with Gasteiger partial charge >= 0.3 is 6.18 Å². The topological polar surface area (TPSA) is 66.1 Å². The molecule has 8 heteroatoms. The molecule has 0 saturated heterocycles. The van der Waals surface area contributed by atoms with Gasteiger partial charge in [0, 0.05) is 25.8 Å². The lowest BCUT2D eigenvalue weighted by Gasteiger charge is -2.30. The van der Waals surface area contributed by atoms with Crippen LogP contribution in [0.1, 0.15) is 55.4 Å². The molecule has 1 aromatic carbocycles. The van der Waals surface area contributed by atoms with Gasteiger partial charge in [-0.2, -0.15) is 13.2 Å². The smallest absolute Gasteiger partial charge is 0.338 e. The molecule has 0 saturated carbocycles. The van der Waals surface area contributed by atoms with Crippen LogP contribution in [0.25, 0.3) is 0 Å². The van der Waals surface area contributed by atoms with Crippen LogP contribution >= 0.6 is 0 Å². The van der Waals surface area contributed by atoms with Crippen LogP contribution in [0.4, 0.5) is 13.2 Å². The first kappa shape index (κ1) is 21.1. The number of halogens is 3. The quantitative estimate of drug-likeness (QED) is 0.844. The van der Waals surface area contributed by atoms with Gasteiger partial charge in [0.25, 0.3) is 5.56 Å². The molecule has 5 nitrogen and oxygen atoms in total. The summed E-state index contributed by atoms with van der Waals surface area (Å²) in [7, 11) is 0. The third-order valence-corrected chi connectivity index (χ3v) is 4.83. The predicted molar refractivity (Wildman–Crippen MR) is 102 cm³/mol. The fourth-order valence-corrected chi connectivity index (χ4v) is 3.47. The van der Waals surface area contributed by atoms with E-state index in [9.17, 15) is 22.8 Å². The van der Waals surface area contributed by atoms with Crippen LogP contribution in [0, 0.1) is 5.41 Å². The fraction of sp³-hybridized carbons (Fsp3) is 0.476. The molecule has 1 aliphatic heterocycles. The zero-order chi connectivity index (χ0) is 21.4. The van der Waals surface area contributed by atoms with Crippen molar-refractivity contribution in [2.75, 3.05) is 6.54 Å². The molecular weight excluding hydrogens is 383 g/mol. The Bertz CT molecular complexity index is 974. The fourth-order valence-electron chi connectivity index (χ4n) is 3.47. The Hall–Kier alpha value is -2.64. The number of amides is 1. The minimum Gasteiger partial charge on any atom is -0.338 e. The number of benzene rings is 1. The lowest BCUT2D eigenvalue weighted by atomic mass is 9.91. The van der Waals surface area contributed by atoms with Gasteiger partial charge in [0.05, 0.1) is 23.4 Å². The first-order valence-corrected chi connectivity index (χ1v) is 9.48. The first-order valence-electron chi connectivity index (χ1n) is 9.48. The van der Waals surface area contributed by atoms with E-state index in [2.05, 4.69) is 9.97 Å². The van der Waals surface area contributed by atoms with Gasteiger partial charge in [-0.25, -0.2) is 4.98 Å². The van der Waals surface area contributed by atoms with Crippen molar-refractivity contribution in [3.8, 4) is 0 Å². The molecule has 0 fully saturated rings. The lowest BCUT2D eigenvalue weighted by molar-refractivity contribution is -0.138. The number of H-pyrrole nitrogens is 1. The van der Waals surface area contributed by atoms with Crippen LogP contribution < -0.4 is 5.56 Å². The van der Waals surface area contributed by atoms with E-state index >= 15 is 0 Å². The Morgan fingerprint density at radius 3 is 2.55 bits per heavy atom. The van der Waals surface area contributed by atoms with Gasteiger partial charge in [0.1, 0.15) is 5.82 Å². The number of rotatable bonds is 3. The molecule has 2 aromatic rings. The molecule has 1 aromatic heterocycles. The molecule has 0 spiro atoms. The highest BCUT2D eigenvalue weighted by molar-refractivity contribution is 5.77. The van der Waals surface area contributed by atoms with E-state index < -0.39 is 17.3 Å². The number of carbonyl (C=O) groups is 1. The summed E-state index contributed by atoms with van der Waals surface area (Å²) in [5.41, 5.74) is -0.278. The summed E-state index contributed by atoms with van der Waals surface area (Å²) >= 11 is 0. The van der Waals surface area contributed by atoms with Gasteiger partial charge in [-0.1, -0.05) is 39.0 Å². The Balaban J connectivity index is 1.84. The molecule has 0 aliphatic carbocycles. The molecule has 0 unspecified atom stereocenters. The van der Waals surface area contributed by atoms with Gasteiger partial charge in [0.15, 0.2) is 0 Å². The molecular formula is C21H24F3N3O2. The number of aromatic nitrogens is 2. The summed E-state index contributed by atoms with van der Waals surface area (Å²) in [5, 5.41) is 0. The number of hydrogen-bond acceptors (Lipinski definition) is 3. The van der Waals surface area contributed by atoms with Crippen LogP contribution in [0.3, 0.4) is 0 Å². The van der Waals surface area contributed by atoms with E-state index in [1.807, 2.05) is 20.8 Å². The number of alkyl halides is 3. The van der Waals surface area contributed by atoms with Crippen molar-refractivity contribution in [3.05, 3.63) is 62.8 Å². The summed E-state index contributed by atoms with van der Waals surface area (Å²) in [4.78, 5) is 33.7. The monoisotopic (exact) mass is 407 g/mol. The molecule has 0 bridgehead atoms. The van der Waals surface area contributed by atoms with Gasteiger partial charge in [-0.3, -0.25) is 9.59 Å². The number of hydrogen-bond donors (Lipinski definition) is 1. The Morgan fingerprint density at radius 1 is 1.21 bits per heavy atom. The van der Waals surface area contributed by atoms with E-state index in [4.69, 9.17) is 0 Å². The second kappa shape index (κ2) is 7.65. The Morgan fingerprint density at radius 2 is 1.90 bits per heavy atom. The van der Waals surface area contributed by atoms with Crippen LogP contribution in [0.15, 0.2) is 29.1 Å². The molecule has 1 N–H and O–H groups in total. The van der Waals surface area contributed by atoms with Crippen molar-refractivity contribution in [1.29, 1.82) is 0 Å². The largest absolute Gasteiger partial charge is 0.416 e. The average Bonchev–Trinajstić information content (AvgIpc) is 2.59. The number of nitrogens with one attached hydrogen (secondary N) is 1. The lowest BCUT2D eigenvalue weighted by Crippen LogP contribution is -2.41. The molecule has 29 heavy (non-hydrogen) atoms. The zero-order valence-corrected chi connectivity index (χ0v) is 16.7. The normalized spacial score (nSPS) is 14.6. The number of nitrogens with zero attached hydrogens (tertiary/aromatic N) is 2. The SMILES string of the molecule is CC(C)(C)CC(=O)N1CCc2nc(Cc3ccccc3C(F)(F)F)[nH]c(=O)c2C1. The molecule has 0 atom stereocenters. The van der Waals surface area contributed by atoms with Crippen molar-refractivity contribution in [1.82, 2.24) is 14.9 Å². The minimum atomic E-state index is -4.47. The predicted octanol–water partition coefficient (Wildman–Crippen LogP) is 3.70. The summed E-state index contributed by atoms with van der Waals surface area (Å²) in [5.74, 6) is 0.172. The van der Waals surface area contributed by atoms with Gasteiger partial charge in [0.2, 0.25) is 5.91 Å². The molecule has 0 radical (unpaired) electrons. The molecule has 1 amide bonds. The summed E-state index contributed by atoms with van der Waals surface area (Å²) in [6, 6.07) is 5.26. The molecule has 3 rings (SSSR count). The maximum atomic E-state index is 13.2. The van der Waals surface area contributed by atoms with Gasteiger partial charge in [-0.15, -0.1) is 0 Å². The van der Waals surface area contributed by atoms with Crippen LogP contribution in [-0.4, -0.2) is 27.3 Å². The van der Waals surface area contributed by atoms with Crippen LogP contribution in [-0.2, 0) is 30.4 Å². The van der Waals surface area contributed by atoms with Gasteiger partial charge < -0.3 is 9.88 Å². The number of carbonyl (C=O) groups excluding carboxylic acids is 1. The van der Waals surface area contributed by atoms with Crippen LogP contribution in [0.2, 0.25) is 0 Å². The first-order chi connectivity index (χ1) is 13.4. The average molecular weight is 407 g/mol. The highest BCUT2D eigenvalue weighted by Gasteiger charge is 2.33. The highest BCUT2D eigenvalue weighted by atomic mass is 19.4. The minimum absolute atomic E-state index is 0.0225. The zero-order valence-electron chi connectivity index (χ0n) is 16.7. The van der Waals surface area contributed by atoms with Crippen LogP contribution in [0.5, 0.6) is 0 Å². The van der Waals surface area contributed by atoms with Crippen molar-refractivity contribution in [3.63, 3.8) is 0 Å². The van der Waals surface area contributed by atoms with Gasteiger partial charge in [-0.05, 0) is 17.0 Å². The van der Waals surface area contributed by atoms with Crippen molar-refractivity contribution >= 4 is 5.91 Å². The third kappa shape index (κ3) is 5.05. The maximum absolute atomic E-state index is 13.2. The standard InChI is InChI=1S/C21H24F3N3O2/c1-20(2,3)11-18(28)27-9-8-16-14(12-27)19(29)26-17(25-16)10-13-6-4-5-7-15(13)21(22,23)24/h4-7H,8-12H2,1-3H3,(H,25,26,29). The van der Waals surface area contributed by atoms with E-state index in [1.54, 1.807) is 4.90 Å². The summed E-state index contributed by atoms with van der Waals surface area (Å²) in [6.07, 6.45) is -3.81. The van der Waals surface area contributed by atoms with E-state index in [0.29, 0.717) is 30.6 Å². The Labute approximate surface area is 167 Å². The summed E-state index contributed by atoms with van der Waals surface area (Å²) < 4.78 is 39.6. The Kier molecular flexibility index (Phi) is 5.56. The number of aromatic amines is 1. The van der Waals surface area contributed by atoms with Crippen molar-refractivity contribution in [2.24, 2.45) is 5.41 Å². The van der Waals surface area contributed by atoms with E-state index in [0.717, 1.165) is 6.07 Å². The summed E-state index contributed by atoms with van der Waals surface area (Å²) in [6.45, 7) is 6.54. The van der Waals surface area contributed by atoms with Crippen molar-refractivity contribution in [2.45, 2.75) is 52.8 Å². The number of fused-ring (bicyclic) bond motifs is 1. The van der Waals surface area contributed by atoms with E-state index in [1.165, 1.54) is 18.2 Å². The maximum Gasteiger partial charge on any atom is 0.416 e. The molecule has 1 aliphatic rings. The second-order valence-electron chi connectivity index (χ2n) is 8.57. The molecule has 2 heterocycles. The van der Waals surface area contributed by atoms with E-state index in [-0.39, 0.29) is 35.7 Å².